The van der Waals surface area contributed by atoms with E-state index in [4.69, 9.17) is 10.1 Å². The number of nitrogens with zero attached hydrogens (tertiary/aromatic N) is 1. The maximum Gasteiger partial charge on any atom is 0.328 e. The monoisotopic (exact) mass is 568 g/mol. The Bertz CT molecular complexity index is 1650. The average Bonchev–Trinajstić information content (AvgIpc) is 2.99. The van der Waals surface area contributed by atoms with Gasteiger partial charge < -0.3 is 15.4 Å². The summed E-state index contributed by atoms with van der Waals surface area (Å²) in [6.07, 6.45) is 2.57. The van der Waals surface area contributed by atoms with E-state index < -0.39 is 17.9 Å². The second-order valence-corrected chi connectivity index (χ2v) is 9.53. The van der Waals surface area contributed by atoms with E-state index in [0.29, 0.717) is 24.1 Å². The number of carbonyl (C=O) groups is 4. The van der Waals surface area contributed by atoms with Crippen molar-refractivity contribution in [2.24, 2.45) is 0 Å². The zero-order chi connectivity index (χ0) is 30.1. The average molecular weight is 569 g/mol. The van der Waals surface area contributed by atoms with E-state index in [2.05, 4.69) is 10.6 Å². The number of carbonyl (C=O) groups excluding carboxylic acids is 4. The van der Waals surface area contributed by atoms with Crippen LogP contribution in [0.2, 0.25) is 0 Å². The minimum Gasteiger partial charge on any atom is -0.467 e. The van der Waals surface area contributed by atoms with Crippen LogP contribution in [-0.4, -0.2) is 41.9 Å². The highest BCUT2D eigenvalue weighted by Gasteiger charge is 2.23. The Morgan fingerprint density at radius 2 is 1.60 bits per heavy atom. The number of hydrogen-bond donors (Lipinski definition) is 3. The van der Waals surface area contributed by atoms with E-state index in [9.17, 15) is 23.6 Å². The van der Waals surface area contributed by atoms with Gasteiger partial charge in [0.05, 0.1) is 19.1 Å². The molecular formula is C32H29FN4O5. The lowest BCUT2D eigenvalue weighted by molar-refractivity contribution is -0.142. The molecule has 0 spiro atoms. The molecule has 0 saturated heterocycles. The molecule has 3 aromatic carbocycles. The number of anilines is 1. The molecule has 4 rings (SSSR count). The molecule has 9 nitrogen and oxygen atoms in total. The molecule has 0 aliphatic rings. The molecule has 214 valence electrons. The van der Waals surface area contributed by atoms with Gasteiger partial charge >= 0.3 is 5.97 Å². The first-order chi connectivity index (χ1) is 20.3. The van der Waals surface area contributed by atoms with Crippen LogP contribution in [0.15, 0.2) is 91.1 Å². The first kappa shape index (κ1) is 29.6. The minimum absolute atomic E-state index is 0.0733. The zero-order valence-electron chi connectivity index (χ0n) is 22.8. The lowest BCUT2D eigenvalue weighted by atomic mass is 9.97. The van der Waals surface area contributed by atoms with E-state index in [1.165, 1.54) is 37.6 Å². The predicted octanol–water partition coefficient (Wildman–Crippen LogP) is 3.43. The minimum atomic E-state index is -1.05. The molecule has 1 aromatic heterocycles. The van der Waals surface area contributed by atoms with Gasteiger partial charge in [0.1, 0.15) is 17.3 Å². The summed E-state index contributed by atoms with van der Waals surface area (Å²) in [4.78, 5) is 49.1. The van der Waals surface area contributed by atoms with Gasteiger partial charge in [0.25, 0.3) is 5.91 Å². The number of methoxy groups -OCH3 is 1. The number of amides is 2. The highest BCUT2D eigenvalue weighted by Crippen LogP contribution is 2.17. The molecule has 0 radical (unpaired) electrons. The predicted molar refractivity (Wildman–Crippen MR) is 154 cm³/mol. The Kier molecular flexibility index (Phi) is 9.73. The van der Waals surface area contributed by atoms with E-state index in [-0.39, 0.29) is 35.6 Å². The lowest BCUT2D eigenvalue weighted by Gasteiger charge is -2.17. The highest BCUT2D eigenvalue weighted by atomic mass is 19.1. The van der Waals surface area contributed by atoms with Crippen molar-refractivity contribution < 1.29 is 28.3 Å². The number of pyridine rings is 1. The summed E-state index contributed by atoms with van der Waals surface area (Å²) >= 11 is 0. The molecule has 1 heterocycles. The Balaban J connectivity index is 1.39. The molecule has 4 aromatic rings. The van der Waals surface area contributed by atoms with Gasteiger partial charge in [0, 0.05) is 18.3 Å². The van der Waals surface area contributed by atoms with Crippen molar-refractivity contribution in [2.45, 2.75) is 25.3 Å². The molecule has 1 unspecified atom stereocenters. The van der Waals surface area contributed by atoms with Crippen LogP contribution in [0.4, 0.5) is 10.1 Å². The van der Waals surface area contributed by atoms with Crippen LogP contribution >= 0.6 is 0 Å². The van der Waals surface area contributed by atoms with Gasteiger partial charge in [-0.05, 0) is 65.1 Å². The third-order valence-corrected chi connectivity index (χ3v) is 6.63. The van der Waals surface area contributed by atoms with Crippen molar-refractivity contribution in [1.29, 1.82) is 5.41 Å². The molecule has 0 aliphatic heterocycles. The van der Waals surface area contributed by atoms with Crippen LogP contribution in [-0.2, 0) is 38.4 Å². The summed E-state index contributed by atoms with van der Waals surface area (Å²) < 4.78 is 19.1. The lowest BCUT2D eigenvalue weighted by Crippen LogP contribution is -2.45. The number of esters is 1. The van der Waals surface area contributed by atoms with Crippen LogP contribution in [0, 0.1) is 11.2 Å². The molecule has 0 bridgehead atoms. The van der Waals surface area contributed by atoms with Crippen molar-refractivity contribution in [3.63, 3.8) is 0 Å². The number of ether oxygens (including phenoxy) is 1. The first-order valence-electron chi connectivity index (χ1n) is 13.1. The Labute approximate surface area is 241 Å². The first-order valence-corrected chi connectivity index (χ1v) is 13.1. The summed E-state index contributed by atoms with van der Waals surface area (Å²) in [7, 11) is 1.21. The summed E-state index contributed by atoms with van der Waals surface area (Å²) in [5.74, 6) is -1.89. The van der Waals surface area contributed by atoms with Crippen molar-refractivity contribution >= 4 is 29.9 Å². The molecule has 0 saturated carbocycles. The number of nitrogens with one attached hydrogen (secondary N) is 3. The SMILES string of the molecule is COC(=O)C(Cc1ccc(NC(=O)Cc2ccccc2Cc2ccc(F)cc2)cc1)NC(=O)c1cccn(C=O)c1=N. The van der Waals surface area contributed by atoms with Crippen LogP contribution in [0.1, 0.15) is 32.6 Å². The molecule has 42 heavy (non-hydrogen) atoms. The van der Waals surface area contributed by atoms with Crippen LogP contribution in [0.3, 0.4) is 0 Å². The number of aromatic nitrogens is 1. The maximum atomic E-state index is 13.3. The fourth-order valence-corrected chi connectivity index (χ4v) is 4.43. The normalized spacial score (nSPS) is 11.3. The molecular weight excluding hydrogens is 539 g/mol. The fourth-order valence-electron chi connectivity index (χ4n) is 4.43. The largest absolute Gasteiger partial charge is 0.467 e. The molecule has 3 N–H and O–H groups in total. The number of benzene rings is 3. The number of rotatable bonds is 11. The van der Waals surface area contributed by atoms with Gasteiger partial charge in [-0.1, -0.05) is 48.5 Å². The Morgan fingerprint density at radius 3 is 2.26 bits per heavy atom. The third-order valence-electron chi connectivity index (χ3n) is 6.63. The van der Waals surface area contributed by atoms with Crippen LogP contribution in [0.25, 0.3) is 0 Å². The van der Waals surface area contributed by atoms with Gasteiger partial charge in [-0.2, -0.15) is 0 Å². The van der Waals surface area contributed by atoms with E-state index >= 15 is 0 Å². The van der Waals surface area contributed by atoms with E-state index in [1.54, 1.807) is 36.4 Å². The molecule has 10 heteroatoms. The van der Waals surface area contributed by atoms with Gasteiger partial charge in [-0.25, -0.2) is 9.18 Å². The second-order valence-electron chi connectivity index (χ2n) is 9.53. The zero-order valence-corrected chi connectivity index (χ0v) is 22.8. The second kappa shape index (κ2) is 13.8. The topological polar surface area (TPSA) is 130 Å². The van der Waals surface area contributed by atoms with E-state index in [0.717, 1.165) is 21.3 Å². The van der Waals surface area contributed by atoms with E-state index in [1.807, 2.05) is 24.3 Å². The molecule has 0 fully saturated rings. The van der Waals surface area contributed by atoms with Crippen molar-refractivity contribution in [1.82, 2.24) is 9.88 Å². The summed E-state index contributed by atoms with van der Waals surface area (Å²) in [5, 5.41) is 13.5. The maximum absolute atomic E-state index is 13.3. The highest BCUT2D eigenvalue weighted by molar-refractivity contribution is 5.96. The summed E-state index contributed by atoms with van der Waals surface area (Å²) in [6, 6.07) is 22.5. The number of hydrogen-bond acceptors (Lipinski definition) is 6. The van der Waals surface area contributed by atoms with Crippen molar-refractivity contribution in [2.75, 3.05) is 12.4 Å². The van der Waals surface area contributed by atoms with Gasteiger partial charge in [0.2, 0.25) is 12.3 Å². The Hall–Kier alpha value is -5.38. The standard InChI is InChI=1S/C32H29FN4O5/c1-42-32(41)28(36-31(40)27-7-4-16-37(20-38)30(27)34)18-22-10-14-26(15-11-22)35-29(39)19-24-6-3-2-5-23(24)17-21-8-12-25(33)13-9-21/h2-16,20,28,34H,17-19H2,1H3,(H,35,39)(H,36,40). The molecule has 0 aliphatic carbocycles. The fraction of sp³-hybridized carbons (Fsp3) is 0.156. The number of halogens is 1. The van der Waals surface area contributed by atoms with Crippen LogP contribution < -0.4 is 16.1 Å². The third kappa shape index (κ3) is 7.63. The van der Waals surface area contributed by atoms with Crippen LogP contribution in [0.5, 0.6) is 0 Å². The summed E-state index contributed by atoms with van der Waals surface area (Å²) in [6.45, 7) is 0. The van der Waals surface area contributed by atoms with Gasteiger partial charge in [0.15, 0.2) is 0 Å². The molecule has 1 atom stereocenters. The van der Waals surface area contributed by atoms with Crippen molar-refractivity contribution in [3.8, 4) is 0 Å². The van der Waals surface area contributed by atoms with Gasteiger partial charge in [-0.15, -0.1) is 0 Å². The quantitative estimate of drug-likeness (QED) is 0.189. The smallest absolute Gasteiger partial charge is 0.328 e. The Morgan fingerprint density at radius 1 is 0.929 bits per heavy atom. The molecule has 2 amide bonds. The summed E-state index contributed by atoms with van der Waals surface area (Å²) in [5.41, 5.74) is 3.63. The van der Waals surface area contributed by atoms with Crippen molar-refractivity contribution in [3.05, 3.63) is 130 Å². The van der Waals surface area contributed by atoms with Gasteiger partial charge in [-0.3, -0.25) is 24.4 Å².